The van der Waals surface area contributed by atoms with Crippen molar-refractivity contribution in [3.05, 3.63) is 70.2 Å². The molecule has 0 saturated carbocycles. The van der Waals surface area contributed by atoms with Gasteiger partial charge < -0.3 is 4.52 Å². The zero-order chi connectivity index (χ0) is 20.4. The Morgan fingerprint density at radius 1 is 1.14 bits per heavy atom. The van der Waals surface area contributed by atoms with Crippen molar-refractivity contribution in [1.82, 2.24) is 24.7 Å². The first-order valence-electron chi connectivity index (χ1n) is 9.40. The monoisotopic (exact) mass is 407 g/mol. The molecule has 0 fully saturated rings. The summed E-state index contributed by atoms with van der Waals surface area (Å²) in [6, 6.07) is 11.1. The zero-order valence-corrected chi connectivity index (χ0v) is 17.3. The van der Waals surface area contributed by atoms with E-state index in [1.54, 1.807) is 12.3 Å². The zero-order valence-electron chi connectivity index (χ0n) is 16.5. The highest BCUT2D eigenvalue weighted by Crippen LogP contribution is 2.24. The number of hydrogen-bond donors (Lipinski definition) is 0. The van der Waals surface area contributed by atoms with Crippen LogP contribution in [0.1, 0.15) is 31.1 Å². The SMILES string of the molecule is Cc1ccc(-n2c(SCc3nc(CC(C)C)no3)nc3ccccc3c2=O)nc1. The number of fused-ring (bicyclic) bond motifs is 1. The largest absolute Gasteiger partial charge is 0.338 e. The fourth-order valence-electron chi connectivity index (χ4n) is 2.93. The quantitative estimate of drug-likeness (QED) is 0.353. The van der Waals surface area contributed by atoms with Gasteiger partial charge in [0.2, 0.25) is 5.89 Å². The smallest absolute Gasteiger partial charge is 0.267 e. The van der Waals surface area contributed by atoms with Crippen molar-refractivity contribution in [2.45, 2.75) is 38.1 Å². The van der Waals surface area contributed by atoms with Crippen LogP contribution in [0.25, 0.3) is 16.7 Å². The van der Waals surface area contributed by atoms with Gasteiger partial charge in [0.05, 0.1) is 16.7 Å². The van der Waals surface area contributed by atoms with Crippen LogP contribution in [0.3, 0.4) is 0 Å². The van der Waals surface area contributed by atoms with Crippen LogP contribution < -0.4 is 5.56 Å². The van der Waals surface area contributed by atoms with Crippen molar-refractivity contribution in [2.75, 3.05) is 0 Å². The van der Waals surface area contributed by atoms with Crippen LogP contribution in [0.15, 0.2) is 57.1 Å². The van der Waals surface area contributed by atoms with Crippen molar-refractivity contribution >= 4 is 22.7 Å². The molecule has 4 rings (SSSR count). The van der Waals surface area contributed by atoms with Crippen LogP contribution in [-0.4, -0.2) is 24.7 Å². The molecule has 0 unspecified atom stereocenters. The van der Waals surface area contributed by atoms with Crippen molar-refractivity contribution in [1.29, 1.82) is 0 Å². The predicted molar refractivity (Wildman–Crippen MR) is 112 cm³/mol. The predicted octanol–water partition coefficient (Wildman–Crippen LogP) is 3.96. The second-order valence-electron chi connectivity index (χ2n) is 7.24. The van der Waals surface area contributed by atoms with Gasteiger partial charge in [-0.15, -0.1) is 0 Å². The van der Waals surface area contributed by atoms with Crippen molar-refractivity contribution < 1.29 is 4.52 Å². The van der Waals surface area contributed by atoms with E-state index < -0.39 is 0 Å². The van der Waals surface area contributed by atoms with Gasteiger partial charge in [-0.05, 0) is 36.6 Å². The lowest BCUT2D eigenvalue weighted by atomic mass is 10.1. The summed E-state index contributed by atoms with van der Waals surface area (Å²) >= 11 is 1.38. The number of benzene rings is 1. The molecule has 7 nitrogen and oxygen atoms in total. The standard InChI is InChI=1S/C21H21N5O2S/c1-13(2)10-17-24-19(28-25-17)12-29-21-23-16-7-5-4-6-15(16)20(27)26(21)18-9-8-14(3)11-22-18/h4-9,11,13H,10,12H2,1-3H3. The number of pyridine rings is 1. The third-order valence-electron chi connectivity index (χ3n) is 4.30. The lowest BCUT2D eigenvalue weighted by molar-refractivity contribution is 0.382. The molecule has 0 aliphatic carbocycles. The van der Waals surface area contributed by atoms with E-state index in [1.165, 1.54) is 16.3 Å². The summed E-state index contributed by atoms with van der Waals surface area (Å²) in [6.45, 7) is 6.17. The molecule has 0 aliphatic rings. The highest BCUT2D eigenvalue weighted by Gasteiger charge is 2.16. The number of para-hydroxylation sites is 1. The normalized spacial score (nSPS) is 11.4. The molecule has 148 valence electrons. The maximum atomic E-state index is 13.2. The minimum Gasteiger partial charge on any atom is -0.338 e. The van der Waals surface area contributed by atoms with Crippen LogP contribution in [-0.2, 0) is 12.2 Å². The molecular weight excluding hydrogens is 386 g/mol. The average Bonchev–Trinajstić information content (AvgIpc) is 3.14. The van der Waals surface area contributed by atoms with Gasteiger partial charge in [-0.2, -0.15) is 4.98 Å². The van der Waals surface area contributed by atoms with Gasteiger partial charge in [0.15, 0.2) is 11.0 Å². The Hall–Kier alpha value is -3.00. The van der Waals surface area contributed by atoms with Gasteiger partial charge in [0.25, 0.3) is 5.56 Å². The van der Waals surface area contributed by atoms with E-state index in [2.05, 4.69) is 29.0 Å². The van der Waals surface area contributed by atoms with Crippen LogP contribution >= 0.6 is 11.8 Å². The summed E-state index contributed by atoms with van der Waals surface area (Å²) in [7, 11) is 0. The number of aromatic nitrogens is 5. The number of thioether (sulfide) groups is 1. The van der Waals surface area contributed by atoms with E-state index in [9.17, 15) is 4.79 Å². The van der Waals surface area contributed by atoms with Gasteiger partial charge in [0.1, 0.15) is 5.82 Å². The molecule has 0 saturated heterocycles. The lowest BCUT2D eigenvalue weighted by Crippen LogP contribution is -2.22. The molecule has 0 aliphatic heterocycles. The summed E-state index contributed by atoms with van der Waals surface area (Å²) in [6.07, 6.45) is 2.50. The van der Waals surface area contributed by atoms with Crippen molar-refractivity contribution in [2.24, 2.45) is 5.92 Å². The molecular formula is C21H21N5O2S. The minimum absolute atomic E-state index is 0.152. The number of rotatable bonds is 6. The molecule has 3 aromatic heterocycles. The molecule has 0 bridgehead atoms. The third kappa shape index (κ3) is 4.22. The Balaban J connectivity index is 1.72. The molecule has 3 heterocycles. The van der Waals surface area contributed by atoms with E-state index in [0.29, 0.717) is 45.3 Å². The van der Waals surface area contributed by atoms with Crippen molar-refractivity contribution in [3.8, 4) is 5.82 Å². The van der Waals surface area contributed by atoms with Crippen LogP contribution in [0.2, 0.25) is 0 Å². The fourth-order valence-corrected chi connectivity index (χ4v) is 3.76. The Kier molecular flexibility index (Phi) is 5.44. The molecule has 0 spiro atoms. The molecule has 1 aromatic carbocycles. The van der Waals surface area contributed by atoms with Gasteiger partial charge >= 0.3 is 0 Å². The van der Waals surface area contributed by atoms with E-state index in [1.807, 2.05) is 37.3 Å². The maximum absolute atomic E-state index is 13.2. The first kappa shape index (κ1) is 19.3. The van der Waals surface area contributed by atoms with Crippen LogP contribution in [0, 0.1) is 12.8 Å². The summed E-state index contributed by atoms with van der Waals surface area (Å²) in [5, 5.41) is 5.11. The first-order chi connectivity index (χ1) is 14.0. The Morgan fingerprint density at radius 3 is 2.72 bits per heavy atom. The highest BCUT2D eigenvalue weighted by atomic mass is 32.2. The Labute approximate surface area is 172 Å². The molecule has 0 atom stereocenters. The van der Waals surface area contributed by atoms with Crippen LogP contribution in [0.4, 0.5) is 0 Å². The highest BCUT2D eigenvalue weighted by molar-refractivity contribution is 7.98. The van der Waals surface area contributed by atoms with Gasteiger partial charge in [-0.25, -0.2) is 14.5 Å². The summed E-state index contributed by atoms with van der Waals surface area (Å²) in [5.74, 6) is 2.61. The molecule has 29 heavy (non-hydrogen) atoms. The molecule has 8 heteroatoms. The maximum Gasteiger partial charge on any atom is 0.267 e. The molecule has 0 N–H and O–H groups in total. The molecule has 0 radical (unpaired) electrons. The van der Waals surface area contributed by atoms with Gasteiger partial charge in [-0.1, -0.05) is 49.0 Å². The summed E-state index contributed by atoms with van der Waals surface area (Å²) < 4.78 is 6.89. The average molecular weight is 407 g/mol. The van der Waals surface area contributed by atoms with E-state index >= 15 is 0 Å². The van der Waals surface area contributed by atoms with Crippen molar-refractivity contribution in [3.63, 3.8) is 0 Å². The molecule has 4 aromatic rings. The Bertz CT molecular complexity index is 1200. The van der Waals surface area contributed by atoms with Gasteiger partial charge in [-0.3, -0.25) is 4.79 Å². The second-order valence-corrected chi connectivity index (χ2v) is 8.18. The van der Waals surface area contributed by atoms with E-state index in [-0.39, 0.29) is 5.56 Å². The van der Waals surface area contributed by atoms with Crippen LogP contribution in [0.5, 0.6) is 0 Å². The minimum atomic E-state index is -0.152. The third-order valence-corrected chi connectivity index (χ3v) is 5.22. The molecule has 0 amide bonds. The number of aryl methyl sites for hydroxylation is 1. The topological polar surface area (TPSA) is 86.7 Å². The second kappa shape index (κ2) is 8.16. The Morgan fingerprint density at radius 2 is 1.97 bits per heavy atom. The van der Waals surface area contributed by atoms with E-state index in [4.69, 9.17) is 9.51 Å². The fraction of sp³-hybridized carbons (Fsp3) is 0.286. The summed E-state index contributed by atoms with van der Waals surface area (Å²) in [4.78, 5) is 26.8. The first-order valence-corrected chi connectivity index (χ1v) is 10.4. The lowest BCUT2D eigenvalue weighted by Gasteiger charge is -2.12. The number of hydrogen-bond acceptors (Lipinski definition) is 7. The summed E-state index contributed by atoms with van der Waals surface area (Å²) in [5.41, 5.74) is 1.52. The number of nitrogens with zero attached hydrogens (tertiary/aromatic N) is 5. The van der Waals surface area contributed by atoms with E-state index in [0.717, 1.165) is 12.0 Å². The van der Waals surface area contributed by atoms with Gasteiger partial charge in [0, 0.05) is 12.6 Å².